The van der Waals surface area contributed by atoms with E-state index >= 15 is 0 Å². The quantitative estimate of drug-likeness (QED) is 0.118. The fourth-order valence-electron chi connectivity index (χ4n) is 2.12. The van der Waals surface area contributed by atoms with Crippen molar-refractivity contribution in [2.75, 3.05) is 19.8 Å². The molecule has 0 atom stereocenters. The molecule has 1 amide bonds. The highest BCUT2D eigenvalue weighted by Crippen LogP contribution is 2.16. The lowest BCUT2D eigenvalue weighted by Gasteiger charge is -2.16. The van der Waals surface area contributed by atoms with Gasteiger partial charge in [-0.05, 0) is 73.3 Å². The van der Waals surface area contributed by atoms with Crippen LogP contribution in [0, 0.1) is 22.2 Å². The summed E-state index contributed by atoms with van der Waals surface area (Å²) in [5.41, 5.74) is -0.0258. The fourth-order valence-corrected chi connectivity index (χ4v) is 2.12. The molecule has 0 aromatic heterocycles. The van der Waals surface area contributed by atoms with Crippen LogP contribution in [0.3, 0.4) is 0 Å². The lowest BCUT2D eigenvalue weighted by Crippen LogP contribution is -2.30. The van der Waals surface area contributed by atoms with Gasteiger partial charge in [-0.1, -0.05) is 55.0 Å². The van der Waals surface area contributed by atoms with E-state index < -0.39 is 22.8 Å². The van der Waals surface area contributed by atoms with E-state index in [0.29, 0.717) is 43.8 Å². The zero-order valence-electron chi connectivity index (χ0n) is 30.4. The maximum absolute atomic E-state index is 11.3. The number of ketones is 1. The predicted octanol–water partition coefficient (Wildman–Crippen LogP) is 7.25. The van der Waals surface area contributed by atoms with Gasteiger partial charge in [-0.25, -0.2) is 0 Å². The van der Waals surface area contributed by atoms with Crippen LogP contribution < -0.4 is 5.32 Å². The van der Waals surface area contributed by atoms with Gasteiger partial charge in [0.2, 0.25) is 5.91 Å². The summed E-state index contributed by atoms with van der Waals surface area (Å²) in [5, 5.41) is 2.67. The van der Waals surface area contributed by atoms with Gasteiger partial charge in [-0.3, -0.25) is 24.0 Å². The molecule has 1 N–H and O–H groups in total. The second-order valence-corrected chi connectivity index (χ2v) is 13.8. The first-order valence-corrected chi connectivity index (χ1v) is 15.2. The topological polar surface area (TPSA) is 125 Å². The molecule has 43 heavy (non-hydrogen) atoms. The van der Waals surface area contributed by atoms with Gasteiger partial charge in [-0.2, -0.15) is 0 Å². The number of ether oxygens (including phenoxy) is 3. The van der Waals surface area contributed by atoms with Crippen molar-refractivity contribution in [3.8, 4) is 0 Å². The Morgan fingerprint density at radius 2 is 1.23 bits per heavy atom. The van der Waals surface area contributed by atoms with Crippen LogP contribution in [0.1, 0.15) is 130 Å². The molecule has 0 fully saturated rings. The molecule has 0 unspecified atom stereocenters. The van der Waals surface area contributed by atoms with Crippen molar-refractivity contribution < 1.29 is 38.2 Å². The van der Waals surface area contributed by atoms with E-state index in [1.165, 1.54) is 12.5 Å². The van der Waals surface area contributed by atoms with Gasteiger partial charge in [0.05, 0.1) is 30.1 Å². The second kappa shape index (κ2) is 23.9. The third-order valence-corrected chi connectivity index (χ3v) is 5.17. The Labute approximate surface area is 263 Å². The second-order valence-electron chi connectivity index (χ2n) is 13.8. The minimum atomic E-state index is -0.592. The van der Waals surface area contributed by atoms with E-state index in [2.05, 4.69) is 30.5 Å². The highest BCUT2D eigenvalue weighted by atomic mass is 16.6. The molecule has 0 saturated carbocycles. The van der Waals surface area contributed by atoms with Crippen LogP contribution in [-0.4, -0.2) is 55.5 Å². The minimum Gasteiger partial charge on any atom is -0.463 e. The van der Waals surface area contributed by atoms with Gasteiger partial charge < -0.3 is 19.5 Å². The Bertz CT molecular complexity index is 838. The molecule has 0 saturated heterocycles. The fraction of sp³-hybridized carbons (Fsp3) is 0.794. The molecular weight excluding hydrogens is 550 g/mol. The first-order chi connectivity index (χ1) is 19.2. The summed E-state index contributed by atoms with van der Waals surface area (Å²) in [6.07, 6.45) is 2.32. The summed E-state index contributed by atoms with van der Waals surface area (Å²) in [4.78, 5) is 54.3. The van der Waals surface area contributed by atoms with Crippen LogP contribution in [0.5, 0.6) is 0 Å². The summed E-state index contributed by atoms with van der Waals surface area (Å²) in [6, 6.07) is 0. The molecule has 254 valence electrons. The van der Waals surface area contributed by atoms with Crippen molar-refractivity contribution in [1.29, 1.82) is 0 Å². The summed E-state index contributed by atoms with van der Waals surface area (Å²) < 4.78 is 14.7. The van der Waals surface area contributed by atoms with E-state index in [1.54, 1.807) is 41.5 Å². The van der Waals surface area contributed by atoms with Crippen molar-refractivity contribution >= 4 is 29.6 Å². The van der Waals surface area contributed by atoms with E-state index in [1.807, 2.05) is 48.5 Å². The number of nitrogens with one attached hydrogen (secondary N) is 1. The first-order valence-electron chi connectivity index (χ1n) is 15.2. The molecular formula is C34H65NO8. The van der Waals surface area contributed by atoms with Crippen LogP contribution in [0.25, 0.3) is 0 Å². The average molecular weight is 616 g/mol. The van der Waals surface area contributed by atoms with Crippen LogP contribution in [0.4, 0.5) is 0 Å². The number of esters is 3. The molecule has 0 rings (SSSR count). The Hall–Kier alpha value is -2.55. The third kappa shape index (κ3) is 33.8. The van der Waals surface area contributed by atoms with Crippen molar-refractivity contribution in [2.45, 2.75) is 136 Å². The van der Waals surface area contributed by atoms with Crippen molar-refractivity contribution in [2.24, 2.45) is 22.2 Å². The molecule has 0 aliphatic rings. The van der Waals surface area contributed by atoms with Gasteiger partial charge in [0.1, 0.15) is 12.4 Å². The summed E-state index contributed by atoms with van der Waals surface area (Å²) in [7, 11) is 0. The highest BCUT2D eigenvalue weighted by molar-refractivity contribution is 5.87. The third-order valence-electron chi connectivity index (χ3n) is 5.17. The standard InChI is InChI=1S/C11H21NO3.C9H18O.C7H12O3.C7H14O/c1-5-6-9(13)12-7-8-15-10(14)11(2,3)4;1-7(2)9(5)6-10-8(3)4;1-5(8)10-6(9)7(2,3)4;1-5-6(8)7(2,3)4/h5-8H2,1-4H3,(H,12,13);7-8H,5-6H2,1-4H3;1-4H3;5H2,1-4H3. The largest absolute Gasteiger partial charge is 0.463 e. The number of amides is 1. The van der Waals surface area contributed by atoms with Crippen molar-refractivity contribution in [3.63, 3.8) is 0 Å². The summed E-state index contributed by atoms with van der Waals surface area (Å²) in [5.74, 6) is -0.410. The molecule has 0 aromatic carbocycles. The number of hydrogen-bond acceptors (Lipinski definition) is 8. The summed E-state index contributed by atoms with van der Waals surface area (Å²) in [6.45, 7) is 34.9. The maximum atomic E-state index is 11.3. The molecule has 0 spiro atoms. The van der Waals surface area contributed by atoms with E-state index in [0.717, 1.165) is 6.42 Å². The molecule has 0 aliphatic heterocycles. The molecule has 0 aliphatic carbocycles. The number of carbonyl (C=O) groups is 5. The molecule has 9 nitrogen and oxygen atoms in total. The van der Waals surface area contributed by atoms with E-state index in [9.17, 15) is 24.0 Å². The smallest absolute Gasteiger partial charge is 0.318 e. The lowest BCUT2D eigenvalue weighted by atomic mass is 9.90. The van der Waals surface area contributed by atoms with Crippen LogP contribution in [0.2, 0.25) is 0 Å². The highest BCUT2D eigenvalue weighted by Gasteiger charge is 2.24. The lowest BCUT2D eigenvalue weighted by molar-refractivity contribution is -0.164. The molecule has 0 heterocycles. The Balaban J connectivity index is -0.000000243. The van der Waals surface area contributed by atoms with Gasteiger partial charge in [-0.15, -0.1) is 0 Å². The molecule has 0 aromatic rings. The van der Waals surface area contributed by atoms with Gasteiger partial charge in [0.25, 0.3) is 0 Å². The Kier molecular flexibility index (Phi) is 26.3. The maximum Gasteiger partial charge on any atom is 0.318 e. The molecule has 9 heteroatoms. The van der Waals surface area contributed by atoms with Crippen LogP contribution >= 0.6 is 0 Å². The Morgan fingerprint density at radius 1 is 0.767 bits per heavy atom. The van der Waals surface area contributed by atoms with Gasteiger partial charge in [0, 0.05) is 25.2 Å². The van der Waals surface area contributed by atoms with Gasteiger partial charge >= 0.3 is 17.9 Å². The normalized spacial score (nSPS) is 11.0. The zero-order chi connectivity index (χ0) is 35.2. The predicted molar refractivity (Wildman–Crippen MR) is 174 cm³/mol. The number of Topliss-reactive ketones (excluding diaryl/α,β-unsaturated/α-hetero) is 1. The first kappa shape index (κ1) is 47.4. The average Bonchev–Trinajstić information content (AvgIpc) is 2.83. The van der Waals surface area contributed by atoms with E-state index in [4.69, 9.17) is 9.47 Å². The van der Waals surface area contributed by atoms with Crippen molar-refractivity contribution in [1.82, 2.24) is 5.32 Å². The SMILES string of the molecule is C=C(COC(C)C)C(C)C.CC(=O)OC(=O)C(C)(C)C.CCC(=O)C(C)(C)C.CCCC(=O)NCCOC(=O)C(C)(C)C. The number of rotatable bonds is 10. The molecule has 0 bridgehead atoms. The van der Waals surface area contributed by atoms with Crippen molar-refractivity contribution in [3.05, 3.63) is 12.2 Å². The monoisotopic (exact) mass is 615 g/mol. The Morgan fingerprint density at radius 3 is 1.49 bits per heavy atom. The van der Waals surface area contributed by atoms with Crippen LogP contribution in [0.15, 0.2) is 12.2 Å². The number of carbonyl (C=O) groups excluding carboxylic acids is 5. The number of hydrogen-bond donors (Lipinski definition) is 1. The van der Waals surface area contributed by atoms with Gasteiger partial charge in [0.15, 0.2) is 0 Å². The summed E-state index contributed by atoms with van der Waals surface area (Å²) >= 11 is 0. The minimum absolute atomic E-state index is 0.00399. The van der Waals surface area contributed by atoms with Crippen LogP contribution in [-0.2, 0) is 38.2 Å². The molecule has 0 radical (unpaired) electrons. The van der Waals surface area contributed by atoms with E-state index in [-0.39, 0.29) is 23.9 Å². The zero-order valence-corrected chi connectivity index (χ0v) is 30.4.